The van der Waals surface area contributed by atoms with E-state index in [1.807, 2.05) is 38.1 Å². The van der Waals surface area contributed by atoms with E-state index in [2.05, 4.69) is 5.32 Å². The Morgan fingerprint density at radius 3 is 2.53 bits per heavy atom. The summed E-state index contributed by atoms with van der Waals surface area (Å²) in [7, 11) is 0. The lowest BCUT2D eigenvalue weighted by atomic mass is 10.0. The van der Waals surface area contributed by atoms with Crippen LogP contribution in [0.1, 0.15) is 32.4 Å². The molecule has 1 aromatic carbocycles. The SMILES string of the molecule is CC(N[C@H](C)c1cccc(Cl)c1)C(C)C(=O)O. The Bertz CT molecular complexity index is 395. The van der Waals surface area contributed by atoms with Crippen molar-refractivity contribution in [2.45, 2.75) is 32.9 Å². The van der Waals surface area contributed by atoms with Crippen LogP contribution in [0.2, 0.25) is 5.02 Å². The number of hydrogen-bond acceptors (Lipinski definition) is 2. The maximum Gasteiger partial charge on any atom is 0.307 e. The first-order valence-electron chi connectivity index (χ1n) is 5.66. The van der Waals surface area contributed by atoms with Crippen LogP contribution in [0.4, 0.5) is 0 Å². The Morgan fingerprint density at radius 1 is 1.35 bits per heavy atom. The lowest BCUT2D eigenvalue weighted by Crippen LogP contribution is -2.37. The van der Waals surface area contributed by atoms with Crippen LogP contribution in [0.25, 0.3) is 0 Å². The fourth-order valence-corrected chi connectivity index (χ4v) is 1.82. The maximum atomic E-state index is 10.9. The normalized spacial score (nSPS) is 16.2. The number of hydrogen-bond donors (Lipinski definition) is 2. The molecule has 0 heterocycles. The lowest BCUT2D eigenvalue weighted by molar-refractivity contribution is -0.142. The number of benzene rings is 1. The van der Waals surface area contributed by atoms with Crippen molar-refractivity contribution in [1.29, 1.82) is 0 Å². The van der Waals surface area contributed by atoms with Crippen molar-refractivity contribution in [2.24, 2.45) is 5.92 Å². The van der Waals surface area contributed by atoms with Gasteiger partial charge in [0.2, 0.25) is 0 Å². The summed E-state index contributed by atoms with van der Waals surface area (Å²) in [6, 6.07) is 7.55. The first-order valence-corrected chi connectivity index (χ1v) is 6.04. The first kappa shape index (κ1) is 14.0. The van der Waals surface area contributed by atoms with Gasteiger partial charge in [-0.15, -0.1) is 0 Å². The number of carbonyl (C=O) groups is 1. The summed E-state index contributed by atoms with van der Waals surface area (Å²) in [4.78, 5) is 10.9. The average Bonchev–Trinajstić information content (AvgIpc) is 2.27. The third-order valence-electron chi connectivity index (χ3n) is 3.00. The standard InChI is InChI=1S/C13H18ClNO2/c1-8(13(16)17)9(2)15-10(3)11-5-4-6-12(14)7-11/h4-10,15H,1-3H3,(H,16,17)/t8?,9?,10-/m1/s1. The van der Waals surface area contributed by atoms with Crippen LogP contribution in [0.15, 0.2) is 24.3 Å². The molecule has 4 heteroatoms. The highest BCUT2D eigenvalue weighted by Crippen LogP contribution is 2.18. The van der Waals surface area contributed by atoms with E-state index in [-0.39, 0.29) is 12.1 Å². The van der Waals surface area contributed by atoms with Gasteiger partial charge in [-0.25, -0.2) is 0 Å². The summed E-state index contributed by atoms with van der Waals surface area (Å²) in [5.74, 6) is -1.21. The molecule has 3 nitrogen and oxygen atoms in total. The van der Waals surface area contributed by atoms with Crippen molar-refractivity contribution in [1.82, 2.24) is 5.32 Å². The molecule has 0 saturated heterocycles. The number of carboxylic acid groups (broad SMARTS) is 1. The molecule has 1 rings (SSSR count). The van der Waals surface area contributed by atoms with Crippen LogP contribution in [0.5, 0.6) is 0 Å². The van der Waals surface area contributed by atoms with Crippen molar-refractivity contribution in [3.8, 4) is 0 Å². The topological polar surface area (TPSA) is 49.3 Å². The van der Waals surface area contributed by atoms with E-state index in [0.29, 0.717) is 5.02 Å². The Morgan fingerprint density at radius 2 is 2.00 bits per heavy atom. The van der Waals surface area contributed by atoms with Crippen molar-refractivity contribution >= 4 is 17.6 Å². The third-order valence-corrected chi connectivity index (χ3v) is 3.24. The molecular formula is C13H18ClNO2. The van der Waals surface area contributed by atoms with E-state index in [0.717, 1.165) is 5.56 Å². The van der Waals surface area contributed by atoms with Gasteiger partial charge in [0.15, 0.2) is 0 Å². The summed E-state index contributed by atoms with van der Waals surface area (Å²) in [6.45, 7) is 5.57. The smallest absolute Gasteiger partial charge is 0.307 e. The summed E-state index contributed by atoms with van der Waals surface area (Å²) in [6.07, 6.45) is 0. The second-order valence-corrected chi connectivity index (χ2v) is 4.80. The molecule has 0 amide bonds. The molecule has 1 aromatic rings. The summed E-state index contributed by atoms with van der Waals surface area (Å²) in [5.41, 5.74) is 1.06. The predicted molar refractivity (Wildman–Crippen MR) is 69.3 cm³/mol. The highest BCUT2D eigenvalue weighted by molar-refractivity contribution is 6.30. The van der Waals surface area contributed by atoms with Gasteiger partial charge in [-0.3, -0.25) is 4.79 Å². The van der Waals surface area contributed by atoms with E-state index in [9.17, 15) is 4.79 Å². The van der Waals surface area contributed by atoms with Gasteiger partial charge in [0.05, 0.1) is 5.92 Å². The molecule has 94 valence electrons. The largest absolute Gasteiger partial charge is 0.481 e. The number of rotatable bonds is 5. The second-order valence-electron chi connectivity index (χ2n) is 4.36. The van der Waals surface area contributed by atoms with Crippen LogP contribution < -0.4 is 5.32 Å². The second kappa shape index (κ2) is 6.03. The Kier molecular flexibility index (Phi) is 4.97. The molecule has 0 spiro atoms. The molecule has 2 unspecified atom stereocenters. The van der Waals surface area contributed by atoms with Crippen molar-refractivity contribution in [3.63, 3.8) is 0 Å². The Balaban J connectivity index is 2.66. The Hall–Kier alpha value is -1.06. The molecule has 0 bridgehead atoms. The number of carboxylic acids is 1. The minimum absolute atomic E-state index is 0.0745. The molecule has 0 aliphatic heterocycles. The van der Waals surface area contributed by atoms with Gasteiger partial charge in [0.1, 0.15) is 0 Å². The monoisotopic (exact) mass is 255 g/mol. The van der Waals surface area contributed by atoms with Gasteiger partial charge in [-0.1, -0.05) is 30.7 Å². The fraction of sp³-hybridized carbons (Fsp3) is 0.462. The van der Waals surface area contributed by atoms with E-state index in [1.165, 1.54) is 0 Å². The molecule has 2 N–H and O–H groups in total. The van der Waals surface area contributed by atoms with Crippen molar-refractivity contribution in [2.75, 3.05) is 0 Å². The van der Waals surface area contributed by atoms with Gasteiger partial charge in [-0.2, -0.15) is 0 Å². The highest BCUT2D eigenvalue weighted by Gasteiger charge is 2.20. The molecule has 0 aliphatic rings. The fourth-order valence-electron chi connectivity index (χ4n) is 1.62. The third kappa shape index (κ3) is 4.02. The zero-order valence-corrected chi connectivity index (χ0v) is 11.0. The highest BCUT2D eigenvalue weighted by atomic mass is 35.5. The van der Waals surface area contributed by atoms with Gasteiger partial charge >= 0.3 is 5.97 Å². The molecule has 0 aromatic heterocycles. The van der Waals surface area contributed by atoms with Gasteiger partial charge in [0.25, 0.3) is 0 Å². The van der Waals surface area contributed by atoms with Gasteiger partial charge in [-0.05, 0) is 31.5 Å². The minimum Gasteiger partial charge on any atom is -0.481 e. The van der Waals surface area contributed by atoms with E-state index in [1.54, 1.807) is 6.92 Å². The quantitative estimate of drug-likeness (QED) is 0.850. The van der Waals surface area contributed by atoms with E-state index < -0.39 is 11.9 Å². The maximum absolute atomic E-state index is 10.9. The van der Waals surface area contributed by atoms with Crippen LogP contribution in [-0.2, 0) is 4.79 Å². The molecular weight excluding hydrogens is 238 g/mol. The minimum atomic E-state index is -0.789. The van der Waals surface area contributed by atoms with Crippen LogP contribution in [-0.4, -0.2) is 17.1 Å². The molecule has 0 fully saturated rings. The van der Waals surface area contributed by atoms with Crippen LogP contribution in [0, 0.1) is 5.92 Å². The van der Waals surface area contributed by atoms with Gasteiger partial charge < -0.3 is 10.4 Å². The van der Waals surface area contributed by atoms with Gasteiger partial charge in [0, 0.05) is 17.1 Å². The molecule has 0 radical (unpaired) electrons. The summed E-state index contributed by atoms with van der Waals surface area (Å²) >= 11 is 5.92. The summed E-state index contributed by atoms with van der Waals surface area (Å²) < 4.78 is 0. The van der Waals surface area contributed by atoms with E-state index in [4.69, 9.17) is 16.7 Å². The lowest BCUT2D eigenvalue weighted by Gasteiger charge is -2.23. The van der Waals surface area contributed by atoms with Crippen LogP contribution >= 0.6 is 11.6 Å². The number of nitrogens with one attached hydrogen (secondary N) is 1. The average molecular weight is 256 g/mol. The zero-order chi connectivity index (χ0) is 13.0. The molecule has 17 heavy (non-hydrogen) atoms. The van der Waals surface area contributed by atoms with Crippen molar-refractivity contribution < 1.29 is 9.90 Å². The van der Waals surface area contributed by atoms with Crippen molar-refractivity contribution in [3.05, 3.63) is 34.9 Å². The summed E-state index contributed by atoms with van der Waals surface area (Å²) in [5, 5.41) is 12.9. The van der Waals surface area contributed by atoms with Crippen LogP contribution in [0.3, 0.4) is 0 Å². The first-order chi connectivity index (χ1) is 7.91. The molecule has 3 atom stereocenters. The van der Waals surface area contributed by atoms with E-state index >= 15 is 0 Å². The number of halogens is 1. The molecule has 0 saturated carbocycles. The zero-order valence-electron chi connectivity index (χ0n) is 10.3. The Labute approximate surface area is 107 Å². The number of aliphatic carboxylic acids is 1. The molecule has 0 aliphatic carbocycles. The predicted octanol–water partition coefficient (Wildman–Crippen LogP) is 3.10.